The number of hydrogen-bond acceptors (Lipinski definition) is 4. The summed E-state index contributed by atoms with van der Waals surface area (Å²) < 4.78 is 5.25. The highest BCUT2D eigenvalue weighted by molar-refractivity contribution is 5.01. The first-order valence-electron chi connectivity index (χ1n) is 4.86. The molecule has 1 fully saturated rings. The number of nitrogens with zero attached hydrogens (tertiary/aromatic N) is 1. The molecule has 3 N–H and O–H groups in total. The molecule has 1 unspecified atom stereocenters. The van der Waals surface area contributed by atoms with Gasteiger partial charge < -0.3 is 15.3 Å². The van der Waals surface area contributed by atoms with Crippen LogP contribution in [0, 0.1) is 0 Å². The van der Waals surface area contributed by atoms with Crippen LogP contribution in [0.15, 0.2) is 22.8 Å². The molecule has 0 saturated carbocycles. The standard InChI is InChI=1S/C10H16N2O2/c11-10(8-13)3-4-12(7-10)6-9-2-1-5-14-9/h1-2,5,13H,3-4,6-8,11H2. The lowest BCUT2D eigenvalue weighted by Crippen LogP contribution is -2.45. The van der Waals surface area contributed by atoms with E-state index in [1.54, 1.807) is 6.26 Å². The summed E-state index contributed by atoms with van der Waals surface area (Å²) in [6.45, 7) is 2.51. The zero-order chi connectivity index (χ0) is 10.0. The first kappa shape index (κ1) is 9.71. The highest BCUT2D eigenvalue weighted by Crippen LogP contribution is 2.20. The van der Waals surface area contributed by atoms with Crippen molar-refractivity contribution in [1.82, 2.24) is 4.90 Å². The average Bonchev–Trinajstić information content (AvgIpc) is 2.78. The molecule has 0 spiro atoms. The van der Waals surface area contributed by atoms with Gasteiger partial charge in [-0.3, -0.25) is 4.90 Å². The molecule has 4 nitrogen and oxygen atoms in total. The number of aliphatic hydroxyl groups excluding tert-OH is 1. The SMILES string of the molecule is NC1(CO)CCN(Cc2ccco2)C1. The van der Waals surface area contributed by atoms with Crippen LogP contribution in [0.25, 0.3) is 0 Å². The van der Waals surface area contributed by atoms with Gasteiger partial charge in [0.25, 0.3) is 0 Å². The lowest BCUT2D eigenvalue weighted by atomic mass is 10.0. The van der Waals surface area contributed by atoms with Crippen molar-refractivity contribution < 1.29 is 9.52 Å². The summed E-state index contributed by atoms with van der Waals surface area (Å²) >= 11 is 0. The Kier molecular flexibility index (Phi) is 2.58. The molecule has 0 amide bonds. The van der Waals surface area contributed by atoms with Crippen LogP contribution in [0.1, 0.15) is 12.2 Å². The predicted octanol–water partition coefficient (Wildman–Crippen LogP) is 0.175. The van der Waals surface area contributed by atoms with Crippen LogP contribution in [0.5, 0.6) is 0 Å². The van der Waals surface area contributed by atoms with Crippen LogP contribution in [-0.2, 0) is 6.54 Å². The maximum Gasteiger partial charge on any atom is 0.117 e. The Hall–Kier alpha value is -0.840. The highest BCUT2D eigenvalue weighted by atomic mass is 16.3. The second kappa shape index (κ2) is 3.73. The molecule has 0 bridgehead atoms. The number of rotatable bonds is 3. The number of nitrogens with two attached hydrogens (primary N) is 1. The Bertz CT molecular complexity index is 286. The van der Waals surface area contributed by atoms with Gasteiger partial charge in [-0.2, -0.15) is 0 Å². The Balaban J connectivity index is 1.90. The minimum absolute atomic E-state index is 0.0572. The quantitative estimate of drug-likeness (QED) is 0.723. The van der Waals surface area contributed by atoms with Crippen molar-refractivity contribution >= 4 is 0 Å². The first-order chi connectivity index (χ1) is 6.72. The summed E-state index contributed by atoms with van der Waals surface area (Å²) in [6, 6.07) is 3.84. The van der Waals surface area contributed by atoms with Gasteiger partial charge in [-0.25, -0.2) is 0 Å². The molecule has 4 heteroatoms. The predicted molar refractivity (Wildman–Crippen MR) is 52.6 cm³/mol. The third-order valence-corrected chi connectivity index (χ3v) is 2.74. The Morgan fingerprint density at radius 2 is 2.50 bits per heavy atom. The molecule has 1 saturated heterocycles. The third kappa shape index (κ3) is 1.97. The fourth-order valence-electron chi connectivity index (χ4n) is 1.87. The molecule has 1 aliphatic rings. The van der Waals surface area contributed by atoms with Crippen molar-refractivity contribution in [3.8, 4) is 0 Å². The van der Waals surface area contributed by atoms with E-state index >= 15 is 0 Å². The van der Waals surface area contributed by atoms with Gasteiger partial charge in [-0.1, -0.05) is 0 Å². The van der Waals surface area contributed by atoms with E-state index in [1.807, 2.05) is 12.1 Å². The van der Waals surface area contributed by atoms with Crippen LogP contribution in [0.3, 0.4) is 0 Å². The van der Waals surface area contributed by atoms with E-state index in [1.165, 1.54) is 0 Å². The van der Waals surface area contributed by atoms with Crippen LogP contribution in [0.2, 0.25) is 0 Å². The van der Waals surface area contributed by atoms with E-state index < -0.39 is 5.54 Å². The maximum atomic E-state index is 9.09. The fraction of sp³-hybridized carbons (Fsp3) is 0.600. The molecular weight excluding hydrogens is 180 g/mol. The van der Waals surface area contributed by atoms with Crippen molar-refractivity contribution in [1.29, 1.82) is 0 Å². The van der Waals surface area contributed by atoms with Crippen molar-refractivity contribution in [2.45, 2.75) is 18.5 Å². The molecule has 2 rings (SSSR count). The second-order valence-corrected chi connectivity index (χ2v) is 4.06. The summed E-state index contributed by atoms with van der Waals surface area (Å²) in [6.07, 6.45) is 2.53. The number of furan rings is 1. The third-order valence-electron chi connectivity index (χ3n) is 2.74. The summed E-state index contributed by atoms with van der Waals surface area (Å²) in [4.78, 5) is 2.20. The molecule has 1 aliphatic heterocycles. The molecule has 14 heavy (non-hydrogen) atoms. The largest absolute Gasteiger partial charge is 0.468 e. The lowest BCUT2D eigenvalue weighted by molar-refractivity contribution is 0.189. The fourth-order valence-corrected chi connectivity index (χ4v) is 1.87. The molecule has 0 aromatic carbocycles. The van der Waals surface area contributed by atoms with E-state index in [2.05, 4.69) is 4.90 Å². The Morgan fingerprint density at radius 1 is 1.64 bits per heavy atom. The summed E-state index contributed by atoms with van der Waals surface area (Å²) in [7, 11) is 0. The number of hydrogen-bond donors (Lipinski definition) is 2. The van der Waals surface area contributed by atoms with Gasteiger partial charge in [0.15, 0.2) is 0 Å². The summed E-state index contributed by atoms with van der Waals surface area (Å²) in [5.41, 5.74) is 5.55. The topological polar surface area (TPSA) is 62.6 Å². The first-order valence-corrected chi connectivity index (χ1v) is 4.86. The van der Waals surface area contributed by atoms with Crippen molar-refractivity contribution in [2.75, 3.05) is 19.7 Å². The zero-order valence-corrected chi connectivity index (χ0v) is 8.15. The van der Waals surface area contributed by atoms with Crippen LogP contribution in [-0.4, -0.2) is 35.2 Å². The van der Waals surface area contributed by atoms with Crippen molar-refractivity contribution in [3.63, 3.8) is 0 Å². The molecule has 1 aromatic heterocycles. The monoisotopic (exact) mass is 196 g/mol. The van der Waals surface area contributed by atoms with Gasteiger partial charge in [0.1, 0.15) is 5.76 Å². The van der Waals surface area contributed by atoms with Crippen LogP contribution < -0.4 is 5.73 Å². The summed E-state index contributed by atoms with van der Waals surface area (Å²) in [5.74, 6) is 0.951. The molecule has 0 aliphatic carbocycles. The van der Waals surface area contributed by atoms with Crippen LogP contribution >= 0.6 is 0 Å². The van der Waals surface area contributed by atoms with Gasteiger partial charge in [-0.05, 0) is 18.6 Å². The molecule has 78 valence electrons. The molecular formula is C10H16N2O2. The maximum absolute atomic E-state index is 9.09. The van der Waals surface area contributed by atoms with Gasteiger partial charge in [0.05, 0.1) is 25.0 Å². The van der Waals surface area contributed by atoms with Crippen molar-refractivity contribution in [2.24, 2.45) is 5.73 Å². The molecule has 2 heterocycles. The zero-order valence-electron chi connectivity index (χ0n) is 8.15. The Morgan fingerprint density at radius 3 is 3.07 bits per heavy atom. The minimum atomic E-state index is -0.410. The van der Waals surface area contributed by atoms with Gasteiger partial charge >= 0.3 is 0 Å². The van der Waals surface area contributed by atoms with Gasteiger partial charge in [0.2, 0.25) is 0 Å². The summed E-state index contributed by atoms with van der Waals surface area (Å²) in [5, 5.41) is 9.09. The normalized spacial score (nSPS) is 28.4. The van der Waals surface area contributed by atoms with E-state index in [0.717, 1.165) is 31.8 Å². The van der Waals surface area contributed by atoms with Gasteiger partial charge in [-0.15, -0.1) is 0 Å². The highest BCUT2D eigenvalue weighted by Gasteiger charge is 2.33. The van der Waals surface area contributed by atoms with E-state index in [-0.39, 0.29) is 6.61 Å². The van der Waals surface area contributed by atoms with E-state index in [9.17, 15) is 0 Å². The Labute approximate surface area is 83.3 Å². The molecule has 1 atom stereocenters. The average molecular weight is 196 g/mol. The number of aliphatic hydroxyl groups is 1. The van der Waals surface area contributed by atoms with E-state index in [0.29, 0.717) is 0 Å². The second-order valence-electron chi connectivity index (χ2n) is 4.06. The van der Waals surface area contributed by atoms with E-state index in [4.69, 9.17) is 15.3 Å². The molecule has 1 aromatic rings. The van der Waals surface area contributed by atoms with Crippen LogP contribution in [0.4, 0.5) is 0 Å². The lowest BCUT2D eigenvalue weighted by Gasteiger charge is -2.21. The van der Waals surface area contributed by atoms with Crippen molar-refractivity contribution in [3.05, 3.63) is 24.2 Å². The molecule has 0 radical (unpaired) electrons. The number of likely N-dealkylation sites (tertiary alicyclic amines) is 1. The van der Waals surface area contributed by atoms with Gasteiger partial charge in [0, 0.05) is 13.1 Å². The smallest absolute Gasteiger partial charge is 0.117 e. The minimum Gasteiger partial charge on any atom is -0.468 e.